The summed E-state index contributed by atoms with van der Waals surface area (Å²) in [5.41, 5.74) is 5.64. The van der Waals surface area contributed by atoms with Gasteiger partial charge in [0.1, 0.15) is 0 Å². The second-order valence-corrected chi connectivity index (χ2v) is 5.71. The van der Waals surface area contributed by atoms with E-state index in [-0.39, 0.29) is 18.0 Å². The average Bonchev–Trinajstić information content (AvgIpc) is 2.25. The first kappa shape index (κ1) is 14.2. The molecule has 4 nitrogen and oxygen atoms in total. The van der Waals surface area contributed by atoms with Gasteiger partial charge in [0.2, 0.25) is 0 Å². The zero-order valence-corrected chi connectivity index (χ0v) is 11.7. The van der Waals surface area contributed by atoms with Crippen molar-refractivity contribution in [3.05, 3.63) is 0 Å². The number of hydrogen-bond acceptors (Lipinski definition) is 2. The molecule has 1 atom stereocenters. The number of hydrogen-bond donors (Lipinski definition) is 2. The Hall–Kier alpha value is -0.840. The number of nitrogens with two attached hydrogens (primary N) is 1. The van der Waals surface area contributed by atoms with Crippen LogP contribution in [0.5, 0.6) is 0 Å². The lowest BCUT2D eigenvalue weighted by atomic mass is 9.99. The van der Waals surface area contributed by atoms with Crippen molar-refractivity contribution >= 4 is 23.2 Å². The van der Waals surface area contributed by atoms with Gasteiger partial charge in [-0.3, -0.25) is 0 Å². The summed E-state index contributed by atoms with van der Waals surface area (Å²) in [7, 11) is 0. The highest BCUT2D eigenvalue weighted by Gasteiger charge is 2.24. The van der Waals surface area contributed by atoms with Gasteiger partial charge in [0.25, 0.3) is 0 Å². The Labute approximate surface area is 109 Å². The SMILES string of the molecule is CC1CCN(C(=O)NC(C(N)=S)C(C)C)CC1. The van der Waals surface area contributed by atoms with E-state index < -0.39 is 0 Å². The summed E-state index contributed by atoms with van der Waals surface area (Å²) in [6.45, 7) is 7.89. The lowest BCUT2D eigenvalue weighted by molar-refractivity contribution is 0.171. The normalized spacial score (nSPS) is 19.2. The first-order valence-electron chi connectivity index (χ1n) is 6.26. The van der Waals surface area contributed by atoms with Gasteiger partial charge in [-0.2, -0.15) is 0 Å². The number of rotatable bonds is 3. The van der Waals surface area contributed by atoms with Crippen LogP contribution in [0.1, 0.15) is 33.6 Å². The fourth-order valence-corrected chi connectivity index (χ4v) is 2.33. The highest BCUT2D eigenvalue weighted by Crippen LogP contribution is 2.16. The highest BCUT2D eigenvalue weighted by molar-refractivity contribution is 7.80. The third-order valence-corrected chi connectivity index (χ3v) is 3.58. The summed E-state index contributed by atoms with van der Waals surface area (Å²) in [5, 5.41) is 2.92. The maximum absolute atomic E-state index is 12.0. The van der Waals surface area contributed by atoms with Crippen LogP contribution in [-0.2, 0) is 0 Å². The molecule has 0 saturated carbocycles. The molecule has 0 bridgehead atoms. The van der Waals surface area contributed by atoms with Gasteiger partial charge in [-0.05, 0) is 24.7 Å². The van der Waals surface area contributed by atoms with Gasteiger partial charge < -0.3 is 16.0 Å². The molecule has 3 N–H and O–H groups in total. The summed E-state index contributed by atoms with van der Waals surface area (Å²) in [6.07, 6.45) is 2.15. The van der Waals surface area contributed by atoms with Crippen LogP contribution in [-0.4, -0.2) is 35.1 Å². The Morgan fingerprint density at radius 2 is 1.94 bits per heavy atom. The number of nitrogens with zero attached hydrogens (tertiary/aromatic N) is 1. The maximum Gasteiger partial charge on any atom is 0.317 e. The van der Waals surface area contributed by atoms with E-state index in [1.807, 2.05) is 18.7 Å². The van der Waals surface area contributed by atoms with Crippen LogP contribution < -0.4 is 11.1 Å². The lowest BCUT2D eigenvalue weighted by Gasteiger charge is -2.32. The van der Waals surface area contributed by atoms with E-state index in [1.54, 1.807) is 0 Å². The minimum Gasteiger partial charge on any atom is -0.392 e. The van der Waals surface area contributed by atoms with E-state index in [9.17, 15) is 4.79 Å². The van der Waals surface area contributed by atoms with Crippen LogP contribution >= 0.6 is 12.2 Å². The smallest absolute Gasteiger partial charge is 0.317 e. The lowest BCUT2D eigenvalue weighted by Crippen LogP contribution is -2.53. The standard InChI is InChI=1S/C12H23N3OS/c1-8(2)10(11(13)17)14-12(16)15-6-4-9(3)5-7-15/h8-10H,4-7H2,1-3H3,(H2,13,17)(H,14,16). The molecule has 1 unspecified atom stereocenters. The molecule has 0 aromatic heterocycles. The molecule has 1 fully saturated rings. The van der Waals surface area contributed by atoms with Crippen LogP contribution in [0, 0.1) is 11.8 Å². The van der Waals surface area contributed by atoms with Crippen LogP contribution in [0.25, 0.3) is 0 Å². The Morgan fingerprint density at radius 3 is 2.35 bits per heavy atom. The molecular weight excluding hydrogens is 234 g/mol. The van der Waals surface area contributed by atoms with Crippen molar-refractivity contribution in [2.24, 2.45) is 17.6 Å². The summed E-state index contributed by atoms with van der Waals surface area (Å²) in [5.74, 6) is 0.940. The Bertz CT molecular complexity index is 285. The highest BCUT2D eigenvalue weighted by atomic mass is 32.1. The number of amides is 2. The van der Waals surface area contributed by atoms with Crippen molar-refractivity contribution in [3.63, 3.8) is 0 Å². The van der Waals surface area contributed by atoms with Crippen molar-refractivity contribution < 1.29 is 4.79 Å². The molecule has 0 radical (unpaired) electrons. The van der Waals surface area contributed by atoms with Crippen molar-refractivity contribution in [1.82, 2.24) is 10.2 Å². The van der Waals surface area contributed by atoms with E-state index in [0.29, 0.717) is 4.99 Å². The van der Waals surface area contributed by atoms with Crippen molar-refractivity contribution in [2.45, 2.75) is 39.7 Å². The molecule has 1 heterocycles. The summed E-state index contributed by atoms with van der Waals surface area (Å²) in [6, 6.07) is -0.250. The second-order valence-electron chi connectivity index (χ2n) is 5.24. The van der Waals surface area contributed by atoms with Gasteiger partial charge in [-0.15, -0.1) is 0 Å². The van der Waals surface area contributed by atoms with Crippen LogP contribution in [0.15, 0.2) is 0 Å². The van der Waals surface area contributed by atoms with E-state index in [4.69, 9.17) is 18.0 Å². The molecule has 0 aliphatic carbocycles. The number of piperidine rings is 1. The number of carbonyl (C=O) groups is 1. The van der Waals surface area contributed by atoms with Gasteiger partial charge in [-0.25, -0.2) is 4.79 Å². The third-order valence-electron chi connectivity index (χ3n) is 3.32. The second kappa shape index (κ2) is 6.19. The van der Waals surface area contributed by atoms with Crippen molar-refractivity contribution in [2.75, 3.05) is 13.1 Å². The minimum atomic E-state index is -0.211. The molecule has 2 amide bonds. The number of thiocarbonyl (C=S) groups is 1. The molecule has 1 saturated heterocycles. The Kier molecular flexibility index (Phi) is 5.18. The van der Waals surface area contributed by atoms with E-state index in [0.717, 1.165) is 31.8 Å². The molecule has 0 spiro atoms. The van der Waals surface area contributed by atoms with Crippen molar-refractivity contribution in [1.29, 1.82) is 0 Å². The van der Waals surface area contributed by atoms with Gasteiger partial charge >= 0.3 is 6.03 Å². The van der Waals surface area contributed by atoms with Crippen molar-refractivity contribution in [3.8, 4) is 0 Å². The van der Waals surface area contributed by atoms with Gasteiger partial charge in [0.15, 0.2) is 0 Å². The Balaban J connectivity index is 2.50. The third kappa shape index (κ3) is 4.15. The first-order valence-corrected chi connectivity index (χ1v) is 6.67. The van der Waals surface area contributed by atoms with Crippen LogP contribution in [0.4, 0.5) is 4.79 Å². The largest absolute Gasteiger partial charge is 0.392 e. The molecular formula is C12H23N3OS. The molecule has 0 aromatic carbocycles. The molecule has 5 heteroatoms. The first-order chi connectivity index (χ1) is 7.91. The summed E-state index contributed by atoms with van der Waals surface area (Å²) >= 11 is 4.98. The predicted octanol–water partition coefficient (Wildman–Crippen LogP) is 1.74. The van der Waals surface area contributed by atoms with Gasteiger partial charge in [0.05, 0.1) is 11.0 Å². The van der Waals surface area contributed by atoms with E-state index in [1.165, 1.54) is 0 Å². The minimum absolute atomic E-state index is 0.0385. The topological polar surface area (TPSA) is 58.4 Å². The van der Waals surface area contributed by atoms with E-state index in [2.05, 4.69) is 12.2 Å². The van der Waals surface area contributed by atoms with Gasteiger partial charge in [-0.1, -0.05) is 33.0 Å². The number of carbonyl (C=O) groups excluding carboxylic acids is 1. The van der Waals surface area contributed by atoms with E-state index >= 15 is 0 Å². The molecule has 1 rings (SSSR count). The quantitative estimate of drug-likeness (QED) is 0.757. The number of urea groups is 1. The molecule has 98 valence electrons. The molecule has 1 aliphatic heterocycles. The number of likely N-dealkylation sites (tertiary alicyclic amines) is 1. The molecule has 17 heavy (non-hydrogen) atoms. The Morgan fingerprint density at radius 1 is 1.41 bits per heavy atom. The zero-order valence-electron chi connectivity index (χ0n) is 10.9. The maximum atomic E-state index is 12.0. The monoisotopic (exact) mass is 257 g/mol. The summed E-state index contributed by atoms with van der Waals surface area (Å²) < 4.78 is 0. The summed E-state index contributed by atoms with van der Waals surface area (Å²) in [4.78, 5) is 14.2. The molecule has 0 aromatic rings. The average molecular weight is 257 g/mol. The fourth-order valence-electron chi connectivity index (χ4n) is 2.00. The number of nitrogens with one attached hydrogen (secondary N) is 1. The van der Waals surface area contributed by atoms with Crippen LogP contribution in [0.3, 0.4) is 0 Å². The predicted molar refractivity (Wildman–Crippen MR) is 73.9 cm³/mol. The van der Waals surface area contributed by atoms with Gasteiger partial charge in [0, 0.05) is 13.1 Å². The van der Waals surface area contributed by atoms with Crippen LogP contribution in [0.2, 0.25) is 0 Å². The fraction of sp³-hybridized carbons (Fsp3) is 0.833. The molecule has 1 aliphatic rings. The zero-order chi connectivity index (χ0) is 13.0.